The second-order valence-electron chi connectivity index (χ2n) is 9.63. The number of hydrogen-bond acceptors (Lipinski definition) is 6. The zero-order chi connectivity index (χ0) is 25.6. The zero-order valence-corrected chi connectivity index (χ0v) is 21.5. The molecule has 2 aliphatic carbocycles. The van der Waals surface area contributed by atoms with Gasteiger partial charge >= 0.3 is 5.97 Å². The Morgan fingerprint density at radius 3 is 2.61 bits per heavy atom. The number of rotatable bonds is 8. The lowest BCUT2D eigenvalue weighted by Crippen LogP contribution is -2.19. The molecule has 0 atom stereocenters. The maximum absolute atomic E-state index is 11.8. The smallest absolute Gasteiger partial charge is 0.312 e. The maximum Gasteiger partial charge on any atom is 0.312 e. The number of ether oxygens (including phenoxy) is 1. The minimum Gasteiger partial charge on any atom is -0.481 e. The SMILES string of the molecule is Cl.[C-]#[N+]c1cc(-c2ccc(-c3cnn(C)c3Cc3cncc(OC4CC4)n3)nc2)ccc1C1(C(=O)O)CC1. The van der Waals surface area contributed by atoms with Gasteiger partial charge in [0.05, 0.1) is 41.5 Å². The molecule has 4 aromatic rings. The van der Waals surface area contributed by atoms with Crippen LogP contribution in [0.1, 0.15) is 42.6 Å². The van der Waals surface area contributed by atoms with Crippen molar-refractivity contribution in [3.8, 4) is 28.3 Å². The molecule has 0 unspecified atom stereocenters. The van der Waals surface area contributed by atoms with E-state index in [1.807, 2.05) is 29.9 Å². The summed E-state index contributed by atoms with van der Waals surface area (Å²) in [6.45, 7) is 7.60. The van der Waals surface area contributed by atoms with E-state index in [1.54, 1.807) is 36.9 Å². The van der Waals surface area contributed by atoms with E-state index in [9.17, 15) is 9.90 Å². The molecule has 192 valence electrons. The Bertz CT molecular complexity index is 1550. The Hall–Kier alpha value is -4.29. The highest BCUT2D eigenvalue weighted by Crippen LogP contribution is 2.52. The second kappa shape index (κ2) is 9.88. The van der Waals surface area contributed by atoms with Gasteiger partial charge in [0, 0.05) is 31.4 Å². The summed E-state index contributed by atoms with van der Waals surface area (Å²) in [5, 5.41) is 14.1. The van der Waals surface area contributed by atoms with Gasteiger partial charge in [-0.25, -0.2) is 9.83 Å². The molecule has 0 aliphatic heterocycles. The minimum absolute atomic E-state index is 0. The highest BCUT2D eigenvalue weighted by atomic mass is 35.5. The van der Waals surface area contributed by atoms with Crippen molar-refractivity contribution in [2.75, 3.05) is 0 Å². The number of carboxylic acids is 1. The Balaban J connectivity index is 0.00000294. The first-order valence-corrected chi connectivity index (χ1v) is 12.2. The number of halogens is 1. The van der Waals surface area contributed by atoms with Crippen LogP contribution in [0.15, 0.2) is 55.1 Å². The molecule has 10 heteroatoms. The van der Waals surface area contributed by atoms with E-state index >= 15 is 0 Å². The molecule has 2 saturated carbocycles. The molecule has 0 saturated heterocycles. The average Bonchev–Trinajstić information content (AvgIpc) is 3.84. The summed E-state index contributed by atoms with van der Waals surface area (Å²) in [5.41, 5.74) is 5.16. The average molecular weight is 529 g/mol. The summed E-state index contributed by atoms with van der Waals surface area (Å²) in [6, 6.07) is 9.29. The normalized spacial score (nSPS) is 15.3. The fourth-order valence-corrected chi connectivity index (χ4v) is 4.60. The van der Waals surface area contributed by atoms with Crippen molar-refractivity contribution in [2.24, 2.45) is 7.05 Å². The largest absolute Gasteiger partial charge is 0.481 e. The number of pyridine rings is 1. The lowest BCUT2D eigenvalue weighted by Gasteiger charge is -2.14. The minimum atomic E-state index is -0.912. The number of carbonyl (C=O) groups is 1. The number of aryl methyl sites for hydroxylation is 1. The molecule has 1 N–H and O–H groups in total. The Labute approximate surface area is 225 Å². The molecule has 0 spiro atoms. The van der Waals surface area contributed by atoms with Crippen LogP contribution in [0.25, 0.3) is 27.2 Å². The van der Waals surface area contributed by atoms with Gasteiger partial charge in [0.1, 0.15) is 6.10 Å². The van der Waals surface area contributed by atoms with Crippen molar-refractivity contribution < 1.29 is 14.6 Å². The van der Waals surface area contributed by atoms with E-state index in [1.165, 1.54) is 0 Å². The van der Waals surface area contributed by atoms with Crippen LogP contribution in [0, 0.1) is 6.57 Å². The molecule has 0 amide bonds. The Morgan fingerprint density at radius 2 is 1.95 bits per heavy atom. The van der Waals surface area contributed by atoms with Crippen LogP contribution >= 0.6 is 12.4 Å². The molecule has 3 heterocycles. The third kappa shape index (κ3) is 4.71. The predicted octanol–water partition coefficient (Wildman–Crippen LogP) is 5.16. The summed E-state index contributed by atoms with van der Waals surface area (Å²) >= 11 is 0. The van der Waals surface area contributed by atoms with Crippen LogP contribution < -0.4 is 4.74 Å². The summed E-state index contributed by atoms with van der Waals surface area (Å²) in [4.78, 5) is 29.0. The number of benzene rings is 1. The number of nitrogens with zero attached hydrogens (tertiary/aromatic N) is 6. The monoisotopic (exact) mass is 528 g/mol. The summed E-state index contributed by atoms with van der Waals surface area (Å²) in [7, 11) is 1.89. The first-order valence-electron chi connectivity index (χ1n) is 12.2. The molecule has 1 aromatic carbocycles. The van der Waals surface area contributed by atoms with E-state index < -0.39 is 11.4 Å². The quantitative estimate of drug-likeness (QED) is 0.315. The lowest BCUT2D eigenvalue weighted by molar-refractivity contribution is -0.140. The van der Waals surface area contributed by atoms with Crippen molar-refractivity contribution in [2.45, 2.75) is 43.6 Å². The van der Waals surface area contributed by atoms with Crippen molar-refractivity contribution in [1.29, 1.82) is 0 Å². The van der Waals surface area contributed by atoms with Gasteiger partial charge in [0.25, 0.3) is 0 Å². The first kappa shape index (κ1) is 25.4. The predicted molar refractivity (Wildman–Crippen MR) is 142 cm³/mol. The highest BCUT2D eigenvalue weighted by molar-refractivity contribution is 5.88. The molecule has 2 fully saturated rings. The third-order valence-corrected chi connectivity index (χ3v) is 7.05. The molecular weight excluding hydrogens is 504 g/mol. The standard InChI is InChI=1S/C28H24N6O3.ClH/c1-29-24-11-17(3-7-22(24)28(9-10-28)27(35)36)18-4-8-23(31-13-18)21-15-32-34(2)25(21)12-19-14-30-16-26(33-19)37-20-5-6-20;/h3-4,7-8,11,13-16,20H,5-6,9-10,12H2,2H3,(H,35,36);1H. The molecule has 2 aliphatic rings. The van der Waals surface area contributed by atoms with Crippen molar-refractivity contribution in [3.63, 3.8) is 0 Å². The first-order chi connectivity index (χ1) is 18.0. The van der Waals surface area contributed by atoms with Gasteiger partial charge in [-0.05, 0) is 54.5 Å². The fourth-order valence-electron chi connectivity index (χ4n) is 4.60. The summed E-state index contributed by atoms with van der Waals surface area (Å²) in [6.07, 6.45) is 11.0. The summed E-state index contributed by atoms with van der Waals surface area (Å²) in [5.74, 6) is -0.316. The number of hydrogen-bond donors (Lipinski definition) is 1. The molecule has 6 rings (SSSR count). The van der Waals surface area contributed by atoms with Crippen LogP contribution in [-0.2, 0) is 23.7 Å². The van der Waals surface area contributed by atoms with Crippen LogP contribution in [0.2, 0.25) is 0 Å². The maximum atomic E-state index is 11.8. The Morgan fingerprint density at radius 1 is 1.16 bits per heavy atom. The van der Waals surface area contributed by atoms with Gasteiger partial charge in [-0.2, -0.15) is 5.10 Å². The molecular formula is C28H25ClN6O3. The second-order valence-corrected chi connectivity index (χ2v) is 9.63. The topological polar surface area (TPSA) is 107 Å². The van der Waals surface area contributed by atoms with Gasteiger partial charge < -0.3 is 9.84 Å². The van der Waals surface area contributed by atoms with E-state index in [0.29, 0.717) is 36.4 Å². The molecule has 0 bridgehead atoms. The van der Waals surface area contributed by atoms with Gasteiger partial charge in [-0.15, -0.1) is 12.4 Å². The van der Waals surface area contributed by atoms with Crippen molar-refractivity contribution in [3.05, 3.63) is 83.5 Å². The van der Waals surface area contributed by atoms with Crippen molar-refractivity contribution >= 4 is 24.1 Å². The van der Waals surface area contributed by atoms with Gasteiger partial charge in [-0.3, -0.25) is 19.4 Å². The van der Waals surface area contributed by atoms with Crippen LogP contribution in [0.3, 0.4) is 0 Å². The van der Waals surface area contributed by atoms with E-state index in [4.69, 9.17) is 11.3 Å². The number of aromatic nitrogens is 5. The molecule has 9 nitrogen and oxygen atoms in total. The van der Waals surface area contributed by atoms with Crippen LogP contribution in [-0.4, -0.2) is 41.9 Å². The molecule has 0 radical (unpaired) electrons. The van der Waals surface area contributed by atoms with Gasteiger partial charge in [0.2, 0.25) is 5.88 Å². The zero-order valence-electron chi connectivity index (χ0n) is 20.7. The highest BCUT2D eigenvalue weighted by Gasteiger charge is 2.52. The van der Waals surface area contributed by atoms with E-state index in [2.05, 4.69) is 24.9 Å². The third-order valence-electron chi connectivity index (χ3n) is 7.05. The fraction of sp³-hybridized carbons (Fsp3) is 0.286. The molecule has 3 aromatic heterocycles. The van der Waals surface area contributed by atoms with Gasteiger partial charge in [-0.1, -0.05) is 18.2 Å². The number of aliphatic carboxylic acids is 1. The van der Waals surface area contributed by atoms with Crippen LogP contribution in [0.4, 0.5) is 5.69 Å². The van der Waals surface area contributed by atoms with E-state index in [0.717, 1.165) is 46.6 Å². The Kier molecular flexibility index (Phi) is 6.59. The molecule has 38 heavy (non-hydrogen) atoms. The van der Waals surface area contributed by atoms with Crippen molar-refractivity contribution in [1.82, 2.24) is 24.7 Å². The summed E-state index contributed by atoms with van der Waals surface area (Å²) < 4.78 is 7.60. The number of carboxylic acid groups (broad SMARTS) is 1. The van der Waals surface area contributed by atoms with Gasteiger partial charge in [0.15, 0.2) is 5.69 Å². The van der Waals surface area contributed by atoms with E-state index in [-0.39, 0.29) is 18.5 Å². The van der Waals surface area contributed by atoms with Crippen LogP contribution in [0.5, 0.6) is 5.88 Å². The lowest BCUT2D eigenvalue weighted by atomic mass is 9.92.